The van der Waals surface area contributed by atoms with Gasteiger partial charge >= 0.3 is 5.97 Å². The summed E-state index contributed by atoms with van der Waals surface area (Å²) in [5.74, 6) is 0.687. The summed E-state index contributed by atoms with van der Waals surface area (Å²) in [4.78, 5) is 11.5. The average molecular weight is 451 g/mol. The van der Waals surface area contributed by atoms with Crippen LogP contribution in [0.2, 0.25) is 0 Å². The molecule has 184 valence electrons. The molecule has 0 heterocycles. The minimum absolute atomic E-state index is 0.0631. The molecule has 0 radical (unpaired) electrons. The smallest absolute Gasteiger partial charge is 0.306 e. The molecule has 0 aliphatic heterocycles. The highest BCUT2D eigenvalue weighted by molar-refractivity contribution is 5.69. The van der Waals surface area contributed by atoms with Gasteiger partial charge in [-0.1, -0.05) is 41.0 Å². The van der Waals surface area contributed by atoms with Gasteiger partial charge in [0.25, 0.3) is 0 Å². The number of rotatable bonds is 5. The second-order valence-corrected chi connectivity index (χ2v) is 12.6. The predicted molar refractivity (Wildman–Crippen MR) is 124 cm³/mol. The van der Waals surface area contributed by atoms with Gasteiger partial charge in [-0.05, 0) is 97.2 Å². The largest absolute Gasteiger partial charge is 0.481 e. The number of carbonyl (C=O) groups is 1. The fraction of sp³-hybridized carbons (Fsp3) is 0.963. The zero-order chi connectivity index (χ0) is 23.6. The molecule has 0 bridgehead atoms. The van der Waals surface area contributed by atoms with Crippen molar-refractivity contribution in [2.45, 2.75) is 104 Å². The summed E-state index contributed by atoms with van der Waals surface area (Å²) in [7, 11) is 0. The highest BCUT2D eigenvalue weighted by Gasteiger charge is 2.67. The van der Waals surface area contributed by atoms with Gasteiger partial charge in [0.1, 0.15) is 0 Å². The molecule has 4 saturated carbocycles. The van der Waals surface area contributed by atoms with Gasteiger partial charge in [0.05, 0.1) is 24.2 Å². The molecule has 0 spiro atoms. The second-order valence-electron chi connectivity index (χ2n) is 12.6. The van der Waals surface area contributed by atoms with Gasteiger partial charge in [-0.15, -0.1) is 0 Å². The van der Waals surface area contributed by atoms with Crippen molar-refractivity contribution in [2.24, 2.45) is 58.2 Å². The van der Waals surface area contributed by atoms with E-state index in [1.807, 2.05) is 0 Å². The van der Waals surface area contributed by atoms with Crippen molar-refractivity contribution in [1.29, 1.82) is 0 Å². The third-order valence-corrected chi connectivity index (χ3v) is 11.4. The van der Waals surface area contributed by atoms with Crippen molar-refractivity contribution in [3.05, 3.63) is 0 Å². The quantitative estimate of drug-likeness (QED) is 0.500. The van der Waals surface area contributed by atoms with E-state index in [9.17, 15) is 25.2 Å². The van der Waals surface area contributed by atoms with Crippen LogP contribution in [0.25, 0.3) is 0 Å². The van der Waals surface area contributed by atoms with E-state index in [0.29, 0.717) is 12.3 Å². The molecule has 4 rings (SSSR count). The van der Waals surface area contributed by atoms with E-state index in [2.05, 4.69) is 27.7 Å². The van der Waals surface area contributed by atoms with Crippen LogP contribution in [0.3, 0.4) is 0 Å². The van der Waals surface area contributed by atoms with Crippen LogP contribution < -0.4 is 0 Å². The Morgan fingerprint density at radius 2 is 1.69 bits per heavy atom. The topological polar surface area (TPSA) is 98.0 Å². The van der Waals surface area contributed by atoms with Gasteiger partial charge in [0.15, 0.2) is 0 Å². The molecule has 13 atom stereocenters. The number of hydrogen-bond acceptors (Lipinski definition) is 4. The minimum Gasteiger partial charge on any atom is -0.481 e. The van der Waals surface area contributed by atoms with Crippen LogP contribution in [0.15, 0.2) is 0 Å². The van der Waals surface area contributed by atoms with E-state index < -0.39 is 12.1 Å². The van der Waals surface area contributed by atoms with Crippen LogP contribution in [0, 0.1) is 58.2 Å². The lowest BCUT2D eigenvalue weighted by molar-refractivity contribution is -0.228. The van der Waals surface area contributed by atoms with Gasteiger partial charge < -0.3 is 20.4 Å². The Labute approximate surface area is 194 Å². The Hall–Kier alpha value is -0.650. The zero-order valence-electron chi connectivity index (χ0n) is 20.7. The van der Waals surface area contributed by atoms with E-state index >= 15 is 0 Å². The average Bonchev–Trinajstić information content (AvgIpc) is 3.09. The van der Waals surface area contributed by atoms with Gasteiger partial charge in [-0.25, -0.2) is 0 Å². The first-order chi connectivity index (χ1) is 15.0. The number of fused-ring (bicyclic) bond motifs is 5. The number of aliphatic hydroxyl groups excluding tert-OH is 3. The lowest BCUT2D eigenvalue weighted by atomic mass is 9.41. The Morgan fingerprint density at radius 3 is 2.31 bits per heavy atom. The van der Waals surface area contributed by atoms with Crippen molar-refractivity contribution in [1.82, 2.24) is 0 Å². The number of aliphatic hydroxyl groups is 3. The van der Waals surface area contributed by atoms with Gasteiger partial charge in [0.2, 0.25) is 0 Å². The Morgan fingerprint density at radius 1 is 1.00 bits per heavy atom. The first-order valence-electron chi connectivity index (χ1n) is 13.2. The maximum Gasteiger partial charge on any atom is 0.306 e. The maximum atomic E-state index is 11.8. The fourth-order valence-corrected chi connectivity index (χ4v) is 9.71. The molecule has 4 aliphatic rings. The Bertz CT molecular complexity index is 710. The van der Waals surface area contributed by atoms with E-state index in [1.54, 1.807) is 6.92 Å². The predicted octanol–water partition coefficient (Wildman–Crippen LogP) is 4.33. The van der Waals surface area contributed by atoms with Crippen molar-refractivity contribution < 1.29 is 25.2 Å². The molecule has 4 aliphatic carbocycles. The van der Waals surface area contributed by atoms with Gasteiger partial charge in [-0.2, -0.15) is 0 Å². The van der Waals surface area contributed by atoms with E-state index in [1.165, 1.54) is 0 Å². The van der Waals surface area contributed by atoms with Gasteiger partial charge in [-0.3, -0.25) is 4.79 Å². The molecule has 4 N–H and O–H groups in total. The van der Waals surface area contributed by atoms with Crippen LogP contribution in [-0.2, 0) is 4.79 Å². The highest BCUT2D eigenvalue weighted by Crippen LogP contribution is 2.69. The molecule has 2 unspecified atom stereocenters. The number of carboxylic acids is 1. The lowest BCUT2D eigenvalue weighted by Gasteiger charge is -2.65. The molecule has 0 aromatic carbocycles. The molecular weight excluding hydrogens is 404 g/mol. The molecular formula is C27H46O5. The van der Waals surface area contributed by atoms with Crippen LogP contribution in [0.5, 0.6) is 0 Å². The van der Waals surface area contributed by atoms with Crippen molar-refractivity contribution in [2.75, 3.05) is 0 Å². The Balaban J connectivity index is 1.66. The van der Waals surface area contributed by atoms with Crippen LogP contribution in [-0.4, -0.2) is 44.7 Å². The molecule has 0 aromatic heterocycles. The normalized spacial score (nSPS) is 52.4. The third kappa shape index (κ3) is 3.48. The fourth-order valence-electron chi connectivity index (χ4n) is 9.71. The molecule has 32 heavy (non-hydrogen) atoms. The molecule has 4 fully saturated rings. The summed E-state index contributed by atoms with van der Waals surface area (Å²) < 4.78 is 0. The van der Waals surface area contributed by atoms with Crippen LogP contribution >= 0.6 is 0 Å². The highest BCUT2D eigenvalue weighted by atomic mass is 16.4. The summed E-state index contributed by atoms with van der Waals surface area (Å²) in [6, 6.07) is 0. The molecule has 0 saturated heterocycles. The van der Waals surface area contributed by atoms with E-state index in [-0.39, 0.29) is 64.5 Å². The maximum absolute atomic E-state index is 11.8. The number of carboxylic acid groups (broad SMARTS) is 1. The van der Waals surface area contributed by atoms with Crippen LogP contribution in [0.4, 0.5) is 0 Å². The summed E-state index contributed by atoms with van der Waals surface area (Å²) in [5, 5.41) is 43.3. The number of hydrogen-bond donors (Lipinski definition) is 4. The van der Waals surface area contributed by atoms with Gasteiger partial charge in [0, 0.05) is 0 Å². The summed E-state index contributed by atoms with van der Waals surface area (Å²) in [6.45, 7) is 10.8. The standard InChI is InChI=1S/C27H46O5/c1-6-17-20-12-16(28)9-10-26(20,4)21-13-22(29)27(5)18(14(2)11-15(3)25(31)32)7-8-19(27)23(21)24(17)30/h14-24,28-30H,6-13H2,1-5H3,(H,31,32)/t14-,15?,16-,17?,18-,19+,20+,21+,22+,23+,24-,26+,27-/m1/s1. The summed E-state index contributed by atoms with van der Waals surface area (Å²) in [5.41, 5.74) is -0.205. The summed E-state index contributed by atoms with van der Waals surface area (Å²) in [6.07, 6.45) is 5.85. The van der Waals surface area contributed by atoms with Crippen molar-refractivity contribution in [3.8, 4) is 0 Å². The first-order valence-corrected chi connectivity index (χ1v) is 13.2. The van der Waals surface area contributed by atoms with E-state index in [0.717, 1.165) is 44.9 Å². The Kier molecular flexibility index (Phi) is 6.53. The molecule has 5 heteroatoms. The second kappa shape index (κ2) is 8.53. The molecule has 0 amide bonds. The lowest BCUT2D eigenvalue weighted by Crippen LogP contribution is -2.65. The molecule has 0 aromatic rings. The van der Waals surface area contributed by atoms with Crippen LogP contribution in [0.1, 0.15) is 86.0 Å². The SMILES string of the molecule is CCC1[C@@H](O)[C@@H]2[C@H](C[C@H](O)[C@]3(C)[C@@H]([C@H](C)CC(C)C(=O)O)CC[C@@H]23)[C@@]2(C)CC[C@@H](O)C[C@@H]12. The van der Waals surface area contributed by atoms with Crippen molar-refractivity contribution >= 4 is 5.97 Å². The molecule has 5 nitrogen and oxygen atoms in total. The third-order valence-electron chi connectivity index (χ3n) is 11.4. The number of aliphatic carboxylic acids is 1. The van der Waals surface area contributed by atoms with E-state index in [4.69, 9.17) is 0 Å². The monoisotopic (exact) mass is 450 g/mol. The first kappa shape index (κ1) is 24.5. The zero-order valence-corrected chi connectivity index (χ0v) is 20.7. The minimum atomic E-state index is -0.743. The van der Waals surface area contributed by atoms with Crippen molar-refractivity contribution in [3.63, 3.8) is 0 Å². The summed E-state index contributed by atoms with van der Waals surface area (Å²) >= 11 is 0.